The van der Waals surface area contributed by atoms with Crippen LogP contribution in [0.1, 0.15) is 16.4 Å². The van der Waals surface area contributed by atoms with E-state index in [1.165, 1.54) is 40.6 Å². The Balaban J connectivity index is 1.72. The Hall–Kier alpha value is -3.45. The average molecular weight is 434 g/mol. The second-order valence-electron chi connectivity index (χ2n) is 7.18. The first-order chi connectivity index (χ1) is 14.9. The highest BCUT2D eigenvalue weighted by Crippen LogP contribution is 2.35. The van der Waals surface area contributed by atoms with E-state index in [0.717, 1.165) is 11.1 Å². The first-order valence-electron chi connectivity index (χ1n) is 9.68. The van der Waals surface area contributed by atoms with E-state index >= 15 is 0 Å². The number of benzene rings is 3. The van der Waals surface area contributed by atoms with Gasteiger partial charge in [-0.25, -0.2) is 9.37 Å². The molecule has 0 fully saturated rings. The number of halogens is 1. The summed E-state index contributed by atoms with van der Waals surface area (Å²) in [5.41, 5.74) is 2.66. The number of nitrogens with zero attached hydrogens (tertiary/aromatic N) is 2. The maximum Gasteiger partial charge on any atom is 0.261 e. The van der Waals surface area contributed by atoms with Crippen LogP contribution in [-0.2, 0) is 11.8 Å². The first kappa shape index (κ1) is 20.8. The number of aryl methyl sites for hydroxylation is 1. The van der Waals surface area contributed by atoms with E-state index in [0.29, 0.717) is 21.7 Å². The van der Waals surface area contributed by atoms with Gasteiger partial charge in [0, 0.05) is 12.7 Å². The van der Waals surface area contributed by atoms with Crippen molar-refractivity contribution >= 4 is 34.3 Å². The number of aromatic nitrogens is 2. The minimum atomic E-state index is -0.660. The SMILES string of the molecule is Cc1ccc2nc(SC(C(=O)Nc3ccc(F)cc3)c3ccccc3)n(C)c(=O)c2c1. The topological polar surface area (TPSA) is 64.0 Å². The molecule has 0 bridgehead atoms. The molecular weight excluding hydrogens is 413 g/mol. The number of hydrogen-bond donors (Lipinski definition) is 1. The number of rotatable bonds is 5. The molecule has 1 N–H and O–H groups in total. The van der Waals surface area contributed by atoms with Gasteiger partial charge in [0.25, 0.3) is 5.56 Å². The van der Waals surface area contributed by atoms with Crippen molar-refractivity contribution in [3.8, 4) is 0 Å². The smallest absolute Gasteiger partial charge is 0.261 e. The standard InChI is InChI=1S/C24H20FN3O2S/c1-15-8-13-20-19(14-15)23(30)28(2)24(27-20)31-21(16-6-4-3-5-7-16)22(29)26-18-11-9-17(25)10-12-18/h3-14,21H,1-2H3,(H,26,29). The van der Waals surface area contributed by atoms with Gasteiger partial charge in [-0.3, -0.25) is 14.2 Å². The first-order valence-corrected chi connectivity index (χ1v) is 10.6. The predicted molar refractivity (Wildman–Crippen MR) is 122 cm³/mol. The van der Waals surface area contributed by atoms with E-state index in [-0.39, 0.29) is 17.3 Å². The number of carbonyl (C=O) groups is 1. The molecule has 156 valence electrons. The summed E-state index contributed by atoms with van der Waals surface area (Å²) in [6.07, 6.45) is 0. The molecule has 4 rings (SSSR count). The zero-order valence-corrected chi connectivity index (χ0v) is 17.8. The molecule has 4 aromatic rings. The van der Waals surface area contributed by atoms with E-state index in [2.05, 4.69) is 10.3 Å². The average Bonchev–Trinajstić information content (AvgIpc) is 2.78. The molecule has 1 atom stereocenters. The molecule has 7 heteroatoms. The number of hydrogen-bond acceptors (Lipinski definition) is 4. The van der Waals surface area contributed by atoms with Crippen LogP contribution < -0.4 is 10.9 Å². The van der Waals surface area contributed by atoms with Crippen molar-refractivity contribution in [1.29, 1.82) is 0 Å². The molecule has 0 aliphatic carbocycles. The fourth-order valence-corrected chi connectivity index (χ4v) is 4.28. The molecule has 0 spiro atoms. The lowest BCUT2D eigenvalue weighted by Crippen LogP contribution is -2.23. The van der Waals surface area contributed by atoms with Crippen LogP contribution >= 0.6 is 11.8 Å². The van der Waals surface area contributed by atoms with Gasteiger partial charge >= 0.3 is 0 Å². The van der Waals surface area contributed by atoms with Crippen LogP contribution in [0.15, 0.2) is 82.7 Å². The van der Waals surface area contributed by atoms with Crippen LogP contribution in [0.5, 0.6) is 0 Å². The Kier molecular flexibility index (Phi) is 5.86. The summed E-state index contributed by atoms with van der Waals surface area (Å²) >= 11 is 1.20. The van der Waals surface area contributed by atoms with Gasteiger partial charge in [-0.1, -0.05) is 53.7 Å². The molecule has 1 unspecified atom stereocenters. The fourth-order valence-electron chi connectivity index (χ4n) is 3.22. The summed E-state index contributed by atoms with van der Waals surface area (Å²) in [5.74, 6) is -0.668. The lowest BCUT2D eigenvalue weighted by molar-refractivity contribution is -0.115. The van der Waals surface area contributed by atoms with Gasteiger partial charge in [0.15, 0.2) is 5.16 Å². The number of nitrogens with one attached hydrogen (secondary N) is 1. The van der Waals surface area contributed by atoms with Gasteiger partial charge in [0.2, 0.25) is 5.91 Å². The molecule has 0 saturated carbocycles. The van der Waals surface area contributed by atoms with Gasteiger partial charge in [0.05, 0.1) is 10.9 Å². The number of carbonyl (C=O) groups excluding carboxylic acids is 1. The molecule has 5 nitrogen and oxygen atoms in total. The van der Waals surface area contributed by atoms with Gasteiger partial charge in [0.1, 0.15) is 11.1 Å². The van der Waals surface area contributed by atoms with Crippen molar-refractivity contribution in [3.63, 3.8) is 0 Å². The fraction of sp³-hybridized carbons (Fsp3) is 0.125. The van der Waals surface area contributed by atoms with E-state index < -0.39 is 5.25 Å². The Labute approximate surface area is 182 Å². The Morgan fingerprint density at radius 3 is 2.48 bits per heavy atom. The highest BCUT2D eigenvalue weighted by molar-refractivity contribution is 8.00. The van der Waals surface area contributed by atoms with Crippen molar-refractivity contribution in [2.75, 3.05) is 5.32 Å². The monoisotopic (exact) mass is 433 g/mol. The molecule has 0 aliphatic heterocycles. The van der Waals surface area contributed by atoms with Crippen LogP contribution in [0.4, 0.5) is 10.1 Å². The molecule has 1 aromatic heterocycles. The zero-order chi connectivity index (χ0) is 22.0. The largest absolute Gasteiger partial charge is 0.325 e. The summed E-state index contributed by atoms with van der Waals surface area (Å²) in [6, 6.07) is 20.4. The van der Waals surface area contributed by atoms with Crippen LogP contribution in [0.25, 0.3) is 10.9 Å². The number of anilines is 1. The molecule has 31 heavy (non-hydrogen) atoms. The van der Waals surface area contributed by atoms with Crippen molar-refractivity contribution < 1.29 is 9.18 Å². The lowest BCUT2D eigenvalue weighted by atomic mass is 10.1. The van der Waals surface area contributed by atoms with Crippen LogP contribution in [0, 0.1) is 12.7 Å². The van der Waals surface area contributed by atoms with Crippen molar-refractivity contribution in [1.82, 2.24) is 9.55 Å². The maximum atomic E-state index is 13.2. The maximum absolute atomic E-state index is 13.2. The molecule has 0 saturated heterocycles. The van der Waals surface area contributed by atoms with Gasteiger partial charge < -0.3 is 5.32 Å². The van der Waals surface area contributed by atoms with Crippen LogP contribution in [0.3, 0.4) is 0 Å². The summed E-state index contributed by atoms with van der Waals surface area (Å²) < 4.78 is 14.7. The minimum Gasteiger partial charge on any atom is -0.325 e. The number of fused-ring (bicyclic) bond motifs is 1. The highest BCUT2D eigenvalue weighted by atomic mass is 32.2. The Morgan fingerprint density at radius 1 is 1.06 bits per heavy atom. The lowest BCUT2D eigenvalue weighted by Gasteiger charge is -2.18. The zero-order valence-electron chi connectivity index (χ0n) is 17.0. The van der Waals surface area contributed by atoms with E-state index in [1.54, 1.807) is 7.05 Å². The third-order valence-corrected chi connectivity index (χ3v) is 6.16. The Morgan fingerprint density at radius 2 is 1.77 bits per heavy atom. The second-order valence-corrected chi connectivity index (χ2v) is 8.26. The van der Waals surface area contributed by atoms with E-state index in [4.69, 9.17) is 0 Å². The van der Waals surface area contributed by atoms with Crippen molar-refractivity contribution in [2.45, 2.75) is 17.3 Å². The van der Waals surface area contributed by atoms with Gasteiger partial charge in [-0.15, -0.1) is 0 Å². The van der Waals surface area contributed by atoms with Gasteiger partial charge in [-0.05, 0) is 48.9 Å². The van der Waals surface area contributed by atoms with Gasteiger partial charge in [-0.2, -0.15) is 0 Å². The molecule has 1 amide bonds. The van der Waals surface area contributed by atoms with Crippen molar-refractivity contribution in [2.24, 2.45) is 7.05 Å². The van der Waals surface area contributed by atoms with Crippen molar-refractivity contribution in [3.05, 3.63) is 100 Å². The molecule has 0 radical (unpaired) electrons. The van der Waals surface area contributed by atoms with Crippen LogP contribution in [0.2, 0.25) is 0 Å². The molecule has 3 aromatic carbocycles. The van der Waals surface area contributed by atoms with E-state index in [1.807, 2.05) is 55.5 Å². The number of thioether (sulfide) groups is 1. The summed E-state index contributed by atoms with van der Waals surface area (Å²) in [4.78, 5) is 30.7. The third kappa shape index (κ3) is 4.51. The quantitative estimate of drug-likeness (QED) is 0.361. The summed E-state index contributed by atoms with van der Waals surface area (Å²) in [6.45, 7) is 1.92. The molecule has 1 heterocycles. The predicted octanol–water partition coefficient (Wildman–Crippen LogP) is 4.85. The normalized spacial score (nSPS) is 12.0. The second kappa shape index (κ2) is 8.73. The Bertz CT molecular complexity index is 1300. The summed E-state index contributed by atoms with van der Waals surface area (Å²) in [5, 5.41) is 3.14. The molecule has 0 aliphatic rings. The van der Waals surface area contributed by atoms with Crippen LogP contribution in [-0.4, -0.2) is 15.5 Å². The highest BCUT2D eigenvalue weighted by Gasteiger charge is 2.25. The molecular formula is C24H20FN3O2S. The summed E-state index contributed by atoms with van der Waals surface area (Å²) in [7, 11) is 1.65. The third-order valence-electron chi connectivity index (χ3n) is 4.87. The van der Waals surface area contributed by atoms with E-state index in [9.17, 15) is 14.0 Å². The number of amides is 1. The minimum absolute atomic E-state index is 0.165.